The predicted octanol–water partition coefficient (Wildman–Crippen LogP) is 2.81. The lowest BCUT2D eigenvalue weighted by molar-refractivity contribution is 0.146. The van der Waals surface area contributed by atoms with Crippen LogP contribution < -0.4 is 0 Å². The summed E-state index contributed by atoms with van der Waals surface area (Å²) in [5, 5.41) is 9.84. The van der Waals surface area contributed by atoms with Crippen molar-refractivity contribution >= 4 is 0 Å². The van der Waals surface area contributed by atoms with Gasteiger partial charge in [-0.15, -0.1) is 0 Å². The Balaban J connectivity index is 2.34. The fourth-order valence-corrected chi connectivity index (χ4v) is 1.49. The molecular weight excluding hydrogens is 186 g/mol. The molecule has 0 aromatic carbocycles. The van der Waals surface area contributed by atoms with Crippen LogP contribution in [0.4, 0.5) is 0 Å². The largest absolute Gasteiger partial charge is 0.393 e. The molecule has 0 amide bonds. The second kappa shape index (κ2) is 5.26. The van der Waals surface area contributed by atoms with Gasteiger partial charge < -0.3 is 5.11 Å². The van der Waals surface area contributed by atoms with Gasteiger partial charge in [0.25, 0.3) is 0 Å². The Morgan fingerprint density at radius 3 is 2.67 bits per heavy atom. The molecule has 0 fully saturated rings. The van der Waals surface area contributed by atoms with E-state index >= 15 is 0 Å². The third-order valence-corrected chi connectivity index (χ3v) is 2.42. The van der Waals surface area contributed by atoms with Crippen LogP contribution in [0.1, 0.15) is 39.2 Å². The van der Waals surface area contributed by atoms with Crippen LogP contribution in [0.25, 0.3) is 0 Å². The van der Waals surface area contributed by atoms with Crippen molar-refractivity contribution in [2.24, 2.45) is 5.41 Å². The fourth-order valence-electron chi connectivity index (χ4n) is 1.49. The molecular formula is C13H21NO. The van der Waals surface area contributed by atoms with Crippen LogP contribution in [0.15, 0.2) is 24.5 Å². The Hall–Kier alpha value is -0.890. The van der Waals surface area contributed by atoms with Crippen molar-refractivity contribution < 1.29 is 5.11 Å². The predicted molar refractivity (Wildman–Crippen MR) is 62.6 cm³/mol. The Morgan fingerprint density at radius 2 is 2.13 bits per heavy atom. The van der Waals surface area contributed by atoms with Gasteiger partial charge in [0.05, 0.1) is 6.10 Å². The molecule has 1 aromatic rings. The average molecular weight is 207 g/mol. The molecule has 0 aliphatic heterocycles. The summed E-state index contributed by atoms with van der Waals surface area (Å²) in [6.45, 7) is 6.59. The molecule has 0 aliphatic carbocycles. The van der Waals surface area contributed by atoms with Crippen molar-refractivity contribution in [2.75, 3.05) is 0 Å². The molecule has 1 rings (SSSR count). The normalized spacial score (nSPS) is 13.9. The molecule has 2 nitrogen and oxygen atoms in total. The van der Waals surface area contributed by atoms with Gasteiger partial charge in [-0.1, -0.05) is 26.8 Å². The van der Waals surface area contributed by atoms with Crippen molar-refractivity contribution in [3.8, 4) is 0 Å². The third kappa shape index (κ3) is 5.53. The van der Waals surface area contributed by atoms with E-state index in [9.17, 15) is 5.11 Å². The second-order valence-electron chi connectivity index (χ2n) is 5.32. The summed E-state index contributed by atoms with van der Waals surface area (Å²) in [4.78, 5) is 4.04. The number of rotatable bonds is 4. The van der Waals surface area contributed by atoms with E-state index in [4.69, 9.17) is 0 Å². The van der Waals surface area contributed by atoms with Gasteiger partial charge in [-0.05, 0) is 36.3 Å². The highest BCUT2D eigenvalue weighted by atomic mass is 16.3. The molecule has 15 heavy (non-hydrogen) atoms. The maximum absolute atomic E-state index is 9.84. The minimum Gasteiger partial charge on any atom is -0.393 e. The molecule has 1 N–H and O–H groups in total. The molecule has 1 aromatic heterocycles. The zero-order chi connectivity index (χ0) is 11.3. The van der Waals surface area contributed by atoms with Gasteiger partial charge in [0, 0.05) is 12.4 Å². The number of aromatic nitrogens is 1. The van der Waals surface area contributed by atoms with E-state index in [0.29, 0.717) is 11.8 Å². The van der Waals surface area contributed by atoms with Crippen LogP contribution in [0.3, 0.4) is 0 Å². The Bertz CT molecular complexity index is 276. The number of aliphatic hydroxyl groups excluding tert-OH is 1. The van der Waals surface area contributed by atoms with Crippen LogP contribution in [-0.4, -0.2) is 16.2 Å². The Labute approximate surface area is 92.4 Å². The van der Waals surface area contributed by atoms with Gasteiger partial charge in [-0.3, -0.25) is 4.98 Å². The van der Waals surface area contributed by atoms with Crippen LogP contribution in [-0.2, 0) is 6.42 Å². The molecule has 84 valence electrons. The van der Waals surface area contributed by atoms with Gasteiger partial charge in [0.15, 0.2) is 0 Å². The van der Waals surface area contributed by atoms with Crippen molar-refractivity contribution in [1.82, 2.24) is 4.98 Å². The van der Waals surface area contributed by atoms with E-state index in [1.165, 1.54) is 0 Å². The summed E-state index contributed by atoms with van der Waals surface area (Å²) in [5.74, 6) is 0. The second-order valence-corrected chi connectivity index (χ2v) is 5.32. The highest BCUT2D eigenvalue weighted by Crippen LogP contribution is 2.22. The molecule has 0 spiro atoms. The first-order valence-corrected chi connectivity index (χ1v) is 5.54. The first kappa shape index (κ1) is 12.2. The van der Waals surface area contributed by atoms with Gasteiger partial charge in [-0.2, -0.15) is 0 Å². The third-order valence-electron chi connectivity index (χ3n) is 2.42. The maximum atomic E-state index is 9.84. The molecule has 0 saturated carbocycles. The summed E-state index contributed by atoms with van der Waals surface area (Å²) in [6, 6.07) is 3.92. The highest BCUT2D eigenvalue weighted by Gasteiger charge is 2.13. The molecule has 2 heteroatoms. The van der Waals surface area contributed by atoms with E-state index in [0.717, 1.165) is 18.4 Å². The minimum atomic E-state index is -0.242. The lowest BCUT2D eigenvalue weighted by Crippen LogP contribution is -2.15. The first-order valence-electron chi connectivity index (χ1n) is 5.54. The zero-order valence-electron chi connectivity index (χ0n) is 9.90. The highest BCUT2D eigenvalue weighted by molar-refractivity contribution is 5.09. The quantitative estimate of drug-likeness (QED) is 0.823. The summed E-state index contributed by atoms with van der Waals surface area (Å²) >= 11 is 0. The summed E-state index contributed by atoms with van der Waals surface area (Å²) in [6.07, 6.45) is 5.95. The molecule has 1 atom stereocenters. The standard InChI is InChI=1S/C13H21NO/c1-13(2,3)7-6-12(15)9-11-5-4-8-14-10-11/h4-5,8,10,12,15H,6-7,9H2,1-3H3. The monoisotopic (exact) mass is 207 g/mol. The molecule has 1 unspecified atom stereocenters. The van der Waals surface area contributed by atoms with E-state index < -0.39 is 0 Å². The lowest BCUT2D eigenvalue weighted by atomic mass is 9.88. The zero-order valence-corrected chi connectivity index (χ0v) is 9.90. The maximum Gasteiger partial charge on any atom is 0.0581 e. The molecule has 0 bridgehead atoms. The summed E-state index contributed by atoms with van der Waals surface area (Å²) in [5.41, 5.74) is 1.41. The number of nitrogens with zero attached hydrogens (tertiary/aromatic N) is 1. The van der Waals surface area contributed by atoms with Crippen molar-refractivity contribution in [3.63, 3.8) is 0 Å². The van der Waals surface area contributed by atoms with E-state index in [2.05, 4.69) is 25.8 Å². The van der Waals surface area contributed by atoms with Gasteiger partial charge >= 0.3 is 0 Å². The van der Waals surface area contributed by atoms with E-state index in [1.54, 1.807) is 6.20 Å². The Kier molecular flexibility index (Phi) is 4.28. The molecule has 0 radical (unpaired) electrons. The van der Waals surface area contributed by atoms with Gasteiger partial charge in [-0.25, -0.2) is 0 Å². The fraction of sp³-hybridized carbons (Fsp3) is 0.615. The summed E-state index contributed by atoms with van der Waals surface area (Å²) < 4.78 is 0. The van der Waals surface area contributed by atoms with Crippen LogP contribution in [0.5, 0.6) is 0 Å². The van der Waals surface area contributed by atoms with Crippen LogP contribution in [0.2, 0.25) is 0 Å². The Morgan fingerprint density at radius 1 is 1.40 bits per heavy atom. The SMILES string of the molecule is CC(C)(C)CCC(O)Cc1cccnc1. The van der Waals surface area contributed by atoms with E-state index in [1.807, 2.05) is 18.3 Å². The molecule has 0 saturated heterocycles. The molecule has 0 aliphatic rings. The number of hydrogen-bond acceptors (Lipinski definition) is 2. The van der Waals surface area contributed by atoms with Gasteiger partial charge in [0.2, 0.25) is 0 Å². The average Bonchev–Trinajstić information content (AvgIpc) is 2.15. The van der Waals surface area contributed by atoms with Crippen molar-refractivity contribution in [2.45, 2.75) is 46.1 Å². The number of hydrogen-bond donors (Lipinski definition) is 1. The first-order chi connectivity index (χ1) is 6.97. The molecule has 1 heterocycles. The minimum absolute atomic E-state index is 0.242. The van der Waals surface area contributed by atoms with Crippen molar-refractivity contribution in [3.05, 3.63) is 30.1 Å². The smallest absolute Gasteiger partial charge is 0.0581 e. The topological polar surface area (TPSA) is 33.1 Å². The van der Waals surface area contributed by atoms with Gasteiger partial charge in [0.1, 0.15) is 0 Å². The van der Waals surface area contributed by atoms with Crippen LogP contribution in [0, 0.1) is 5.41 Å². The van der Waals surface area contributed by atoms with Crippen molar-refractivity contribution in [1.29, 1.82) is 0 Å². The summed E-state index contributed by atoms with van der Waals surface area (Å²) in [7, 11) is 0. The number of pyridine rings is 1. The lowest BCUT2D eigenvalue weighted by Gasteiger charge is -2.20. The number of aliphatic hydroxyl groups is 1. The van der Waals surface area contributed by atoms with Crippen LogP contribution >= 0.6 is 0 Å². The van der Waals surface area contributed by atoms with E-state index in [-0.39, 0.29) is 6.10 Å².